The van der Waals surface area contributed by atoms with Crippen LogP contribution >= 0.6 is 0 Å². The van der Waals surface area contributed by atoms with Gasteiger partial charge in [0.25, 0.3) is 0 Å². The molecule has 0 saturated heterocycles. The average molecular weight is 258 g/mol. The van der Waals surface area contributed by atoms with Crippen LogP contribution in [-0.2, 0) is 11.3 Å². The SMILES string of the molecule is O=C(O)CCn1nnnc1C1CC1c1ccccc1. The Morgan fingerprint density at radius 1 is 1.32 bits per heavy atom. The number of aryl methyl sites for hydroxylation is 1. The molecular formula is C13H14N4O2. The van der Waals surface area contributed by atoms with E-state index in [0.29, 0.717) is 18.4 Å². The van der Waals surface area contributed by atoms with Crippen LogP contribution in [0.15, 0.2) is 30.3 Å². The number of carboxylic acids is 1. The van der Waals surface area contributed by atoms with Gasteiger partial charge in [0.2, 0.25) is 0 Å². The molecule has 0 aliphatic heterocycles. The quantitative estimate of drug-likeness (QED) is 0.877. The summed E-state index contributed by atoms with van der Waals surface area (Å²) in [5.74, 6) is 0.730. The molecule has 1 heterocycles. The van der Waals surface area contributed by atoms with Crippen molar-refractivity contribution < 1.29 is 9.90 Å². The molecule has 1 saturated carbocycles. The summed E-state index contributed by atoms with van der Waals surface area (Å²) < 4.78 is 1.61. The Kier molecular flexibility index (Phi) is 2.98. The molecular weight excluding hydrogens is 244 g/mol. The largest absolute Gasteiger partial charge is 0.481 e. The molecule has 6 heteroatoms. The Morgan fingerprint density at radius 2 is 2.11 bits per heavy atom. The Bertz CT molecular complexity index is 581. The molecule has 1 aromatic heterocycles. The highest BCUT2D eigenvalue weighted by Crippen LogP contribution is 2.53. The summed E-state index contributed by atoms with van der Waals surface area (Å²) >= 11 is 0. The van der Waals surface area contributed by atoms with Crippen molar-refractivity contribution in [1.29, 1.82) is 0 Å². The maximum absolute atomic E-state index is 10.6. The van der Waals surface area contributed by atoms with Gasteiger partial charge in [0.05, 0.1) is 13.0 Å². The van der Waals surface area contributed by atoms with Crippen LogP contribution < -0.4 is 0 Å². The smallest absolute Gasteiger partial charge is 0.305 e. The van der Waals surface area contributed by atoms with E-state index in [2.05, 4.69) is 27.7 Å². The molecule has 98 valence electrons. The molecule has 2 aromatic rings. The van der Waals surface area contributed by atoms with Crippen molar-refractivity contribution in [1.82, 2.24) is 20.2 Å². The first-order chi connectivity index (χ1) is 9.25. The van der Waals surface area contributed by atoms with Crippen molar-refractivity contribution in [2.45, 2.75) is 31.2 Å². The van der Waals surface area contributed by atoms with Gasteiger partial charge in [-0.1, -0.05) is 30.3 Å². The van der Waals surface area contributed by atoms with E-state index in [9.17, 15) is 4.79 Å². The maximum atomic E-state index is 10.6. The van der Waals surface area contributed by atoms with E-state index >= 15 is 0 Å². The molecule has 0 amide bonds. The number of benzene rings is 1. The van der Waals surface area contributed by atoms with E-state index < -0.39 is 5.97 Å². The van der Waals surface area contributed by atoms with Crippen LogP contribution in [0.5, 0.6) is 0 Å². The molecule has 2 atom stereocenters. The lowest BCUT2D eigenvalue weighted by Gasteiger charge is -2.02. The summed E-state index contributed by atoms with van der Waals surface area (Å²) in [5, 5.41) is 20.3. The number of carbonyl (C=O) groups is 1. The van der Waals surface area contributed by atoms with Crippen molar-refractivity contribution in [3.8, 4) is 0 Å². The summed E-state index contributed by atoms with van der Waals surface area (Å²) in [4.78, 5) is 10.6. The Labute approximate surface area is 110 Å². The molecule has 2 unspecified atom stereocenters. The number of hydrogen-bond donors (Lipinski definition) is 1. The van der Waals surface area contributed by atoms with Gasteiger partial charge in [-0.15, -0.1) is 5.10 Å². The third kappa shape index (κ3) is 2.47. The summed E-state index contributed by atoms with van der Waals surface area (Å²) in [7, 11) is 0. The van der Waals surface area contributed by atoms with Gasteiger partial charge in [-0.05, 0) is 28.3 Å². The molecule has 6 nitrogen and oxygen atoms in total. The molecule has 1 aliphatic carbocycles. The highest BCUT2D eigenvalue weighted by atomic mass is 16.4. The van der Waals surface area contributed by atoms with Crippen LogP contribution in [0.1, 0.15) is 36.1 Å². The van der Waals surface area contributed by atoms with Crippen LogP contribution in [0.4, 0.5) is 0 Å². The Balaban J connectivity index is 1.72. The molecule has 0 spiro atoms. The first-order valence-electron chi connectivity index (χ1n) is 6.28. The maximum Gasteiger partial charge on any atom is 0.305 e. The van der Waals surface area contributed by atoms with Gasteiger partial charge in [0, 0.05) is 5.92 Å². The molecule has 1 fully saturated rings. The fraction of sp³-hybridized carbons (Fsp3) is 0.385. The van der Waals surface area contributed by atoms with E-state index in [1.807, 2.05) is 18.2 Å². The van der Waals surface area contributed by atoms with Gasteiger partial charge >= 0.3 is 5.97 Å². The summed E-state index contributed by atoms with van der Waals surface area (Å²) in [6.07, 6.45) is 1.07. The van der Waals surface area contributed by atoms with Crippen LogP contribution in [0.2, 0.25) is 0 Å². The molecule has 3 rings (SSSR count). The summed E-state index contributed by atoms with van der Waals surface area (Å²) in [6.45, 7) is 0.329. The van der Waals surface area contributed by atoms with Gasteiger partial charge in [-0.3, -0.25) is 4.79 Å². The lowest BCUT2D eigenvalue weighted by atomic mass is 10.1. The molecule has 1 aromatic carbocycles. The van der Waals surface area contributed by atoms with Crippen molar-refractivity contribution in [3.05, 3.63) is 41.7 Å². The number of aliphatic carboxylic acids is 1. The van der Waals surface area contributed by atoms with E-state index in [4.69, 9.17) is 5.11 Å². The van der Waals surface area contributed by atoms with Crippen molar-refractivity contribution in [2.24, 2.45) is 0 Å². The van der Waals surface area contributed by atoms with E-state index in [-0.39, 0.29) is 6.42 Å². The topological polar surface area (TPSA) is 80.9 Å². The van der Waals surface area contributed by atoms with Gasteiger partial charge in [-0.25, -0.2) is 4.68 Å². The van der Waals surface area contributed by atoms with Crippen LogP contribution in [0, 0.1) is 0 Å². The van der Waals surface area contributed by atoms with Crippen molar-refractivity contribution in [2.75, 3.05) is 0 Å². The second kappa shape index (κ2) is 4.79. The lowest BCUT2D eigenvalue weighted by Crippen LogP contribution is -2.09. The van der Waals surface area contributed by atoms with Crippen LogP contribution in [0.3, 0.4) is 0 Å². The number of hydrogen-bond acceptors (Lipinski definition) is 4. The number of tetrazole rings is 1. The predicted octanol–water partition coefficient (Wildman–Crippen LogP) is 1.42. The predicted molar refractivity (Wildman–Crippen MR) is 66.6 cm³/mol. The van der Waals surface area contributed by atoms with Crippen LogP contribution in [0.25, 0.3) is 0 Å². The Hall–Kier alpha value is -2.24. The van der Waals surface area contributed by atoms with Crippen LogP contribution in [-0.4, -0.2) is 31.3 Å². The first-order valence-corrected chi connectivity index (χ1v) is 6.28. The normalized spacial score (nSPS) is 21.3. The second-order valence-corrected chi connectivity index (χ2v) is 4.76. The Morgan fingerprint density at radius 3 is 2.84 bits per heavy atom. The highest BCUT2D eigenvalue weighted by Gasteiger charge is 2.43. The third-order valence-electron chi connectivity index (χ3n) is 3.45. The molecule has 0 radical (unpaired) electrons. The second-order valence-electron chi connectivity index (χ2n) is 4.76. The summed E-state index contributed by atoms with van der Waals surface area (Å²) in [6, 6.07) is 10.3. The fourth-order valence-electron chi connectivity index (χ4n) is 2.39. The molecule has 0 bridgehead atoms. The molecule has 19 heavy (non-hydrogen) atoms. The fourth-order valence-corrected chi connectivity index (χ4v) is 2.39. The standard InChI is InChI=1S/C13H14N4O2/c18-12(19)6-7-17-13(14-15-16-17)11-8-10(11)9-4-2-1-3-5-9/h1-5,10-11H,6-8H2,(H,18,19). The molecule has 1 aliphatic rings. The number of aromatic nitrogens is 4. The van der Waals surface area contributed by atoms with Gasteiger partial charge < -0.3 is 5.11 Å². The van der Waals surface area contributed by atoms with E-state index in [1.165, 1.54) is 5.56 Å². The van der Waals surface area contributed by atoms with E-state index in [1.54, 1.807) is 4.68 Å². The zero-order valence-corrected chi connectivity index (χ0v) is 10.3. The average Bonchev–Trinajstić information content (AvgIpc) is 3.08. The summed E-state index contributed by atoms with van der Waals surface area (Å²) in [5.41, 5.74) is 1.29. The minimum Gasteiger partial charge on any atom is -0.481 e. The van der Waals surface area contributed by atoms with Crippen molar-refractivity contribution >= 4 is 5.97 Å². The number of carboxylic acid groups (broad SMARTS) is 1. The highest BCUT2D eigenvalue weighted by molar-refractivity contribution is 5.66. The van der Waals surface area contributed by atoms with E-state index in [0.717, 1.165) is 12.2 Å². The number of nitrogens with zero attached hydrogens (tertiary/aromatic N) is 4. The minimum absolute atomic E-state index is 0.0424. The monoisotopic (exact) mass is 258 g/mol. The minimum atomic E-state index is -0.836. The number of rotatable bonds is 5. The molecule has 1 N–H and O–H groups in total. The lowest BCUT2D eigenvalue weighted by molar-refractivity contribution is -0.137. The van der Waals surface area contributed by atoms with Gasteiger partial charge in [-0.2, -0.15) is 0 Å². The first kappa shape index (κ1) is 11.8. The zero-order chi connectivity index (χ0) is 13.2. The zero-order valence-electron chi connectivity index (χ0n) is 10.3. The van der Waals surface area contributed by atoms with Gasteiger partial charge in [0.1, 0.15) is 0 Å². The van der Waals surface area contributed by atoms with Crippen molar-refractivity contribution in [3.63, 3.8) is 0 Å². The third-order valence-corrected chi connectivity index (χ3v) is 3.45. The van der Waals surface area contributed by atoms with Gasteiger partial charge in [0.15, 0.2) is 5.82 Å².